The van der Waals surface area contributed by atoms with E-state index in [0.29, 0.717) is 0 Å². The summed E-state index contributed by atoms with van der Waals surface area (Å²) in [5.41, 5.74) is 9.94. The minimum absolute atomic E-state index is 2.25. The maximum Gasteiger partial charge on any atom is -0.188 e. The van der Waals surface area contributed by atoms with E-state index < -0.39 is 0 Å². The van der Waals surface area contributed by atoms with Gasteiger partial charge in [-0.15, -0.1) is 0 Å². The van der Waals surface area contributed by atoms with Crippen LogP contribution in [0.1, 0.15) is 0 Å². The lowest BCUT2D eigenvalue weighted by molar-refractivity contribution is -0.450. The van der Waals surface area contributed by atoms with E-state index >= 15 is 0 Å². The van der Waals surface area contributed by atoms with E-state index in [1.54, 1.807) is 0 Å². The van der Waals surface area contributed by atoms with Crippen LogP contribution in [-0.4, -0.2) is 0 Å². The fraction of sp³-hybridized carbons (Fsp3) is 0. The van der Waals surface area contributed by atoms with E-state index in [4.69, 9.17) is 5.53 Å². The van der Waals surface area contributed by atoms with Crippen LogP contribution in [0.5, 0.6) is 0 Å². The first-order valence-corrected chi connectivity index (χ1v) is 0.716. The predicted octanol–water partition coefficient (Wildman–Crippen LogP) is -1.32. The third kappa shape index (κ3) is 1.36. The summed E-state index contributed by atoms with van der Waals surface area (Å²) in [5.74, 6) is 2.81. The Kier molecular flexibility index (Phi) is 1.98. The van der Waals surface area contributed by atoms with Crippen molar-refractivity contribution in [1.82, 2.24) is 5.53 Å². The van der Waals surface area contributed by atoms with Gasteiger partial charge in [0.1, 0.15) is 0 Å². The summed E-state index contributed by atoms with van der Waals surface area (Å²) in [5, 5.41) is 2.25. The van der Waals surface area contributed by atoms with E-state index in [2.05, 4.69) is 16.6 Å². The second kappa shape index (κ2) is 2.36. The van der Waals surface area contributed by atoms with Gasteiger partial charge in [0.2, 0.25) is 0 Å². The Hall–Kier alpha value is -0.640. The van der Waals surface area contributed by atoms with E-state index in [0.717, 1.165) is 0 Å². The van der Waals surface area contributed by atoms with Crippen molar-refractivity contribution in [3.8, 4) is 0 Å². The fourth-order valence-corrected chi connectivity index (χ4v) is 0. The van der Waals surface area contributed by atoms with Gasteiger partial charge in [-0.25, -0.2) is 5.22 Å². The van der Waals surface area contributed by atoms with Crippen molar-refractivity contribution < 1.29 is 5.84 Å². The van der Waals surface area contributed by atoms with Gasteiger partial charge in [-0.05, 0) is 0 Å². The molecule has 0 bridgehead atoms. The third-order valence-electron chi connectivity index (χ3n) is 0.0632. The van der Waals surface area contributed by atoms with Gasteiger partial charge in [0.25, 0.3) is 0 Å². The summed E-state index contributed by atoms with van der Waals surface area (Å²) in [7, 11) is 0. The molecule has 0 atom stereocenters. The number of hydrogen-bond donors (Lipinski definition) is 1. The van der Waals surface area contributed by atoms with E-state index in [-0.39, 0.29) is 0 Å². The van der Waals surface area contributed by atoms with Crippen LogP contribution in [0.25, 0.3) is 5.53 Å². The van der Waals surface area contributed by atoms with E-state index in [1.165, 1.54) is 0 Å². The monoisotopic (exact) mass is 59.0 g/mol. The summed E-state index contributed by atoms with van der Waals surface area (Å²) in [6.07, 6.45) is 0. The standard InChI is InChI=1S/H3N4/c1-3-4-2/h1H3. The second-order valence-electron chi connectivity index (χ2n) is 0.231. The molecule has 0 aromatic heterocycles. The molecule has 23 valence electrons. The van der Waals surface area contributed by atoms with Crippen molar-refractivity contribution in [1.29, 1.82) is 0 Å². The first-order valence-electron chi connectivity index (χ1n) is 0.716. The van der Waals surface area contributed by atoms with Gasteiger partial charge in [0, 0.05) is 0 Å². The van der Waals surface area contributed by atoms with Crippen molar-refractivity contribution in [2.45, 2.75) is 0 Å². The third-order valence-corrected chi connectivity index (χ3v) is 0.0632. The minimum atomic E-state index is 2.25. The van der Waals surface area contributed by atoms with Gasteiger partial charge in [-0.3, -0.25) is 5.84 Å². The molecule has 0 amide bonds. The molecule has 0 fully saturated rings. The summed E-state index contributed by atoms with van der Waals surface area (Å²) >= 11 is 0. The second-order valence-corrected chi connectivity index (χ2v) is 0.231. The molecule has 0 aliphatic heterocycles. The van der Waals surface area contributed by atoms with Crippen molar-refractivity contribution in [3.63, 3.8) is 0 Å². The molecule has 4 heavy (non-hydrogen) atoms. The van der Waals surface area contributed by atoms with Crippen LogP contribution in [0.15, 0.2) is 5.22 Å². The van der Waals surface area contributed by atoms with Crippen LogP contribution in [0.4, 0.5) is 0 Å². The van der Waals surface area contributed by atoms with E-state index in [1.807, 2.05) is 0 Å². The lowest BCUT2D eigenvalue weighted by Gasteiger charge is -1.74. The average molecular weight is 59.1 g/mol. The fourth-order valence-electron chi connectivity index (χ4n) is 0. The molecule has 0 aromatic carbocycles. The smallest absolute Gasteiger partial charge is 0.188 e. The minimum Gasteiger partial charge on any atom is -0.358 e. The molecule has 0 saturated heterocycles. The highest BCUT2D eigenvalue weighted by atomic mass is 15.5. The van der Waals surface area contributed by atoms with Crippen molar-refractivity contribution >= 4 is 0 Å². The normalized spacial score (nSPS) is 5.25. The van der Waals surface area contributed by atoms with Gasteiger partial charge >= 0.3 is 0 Å². The Bertz CT molecular complexity index is 14.0. The lowest BCUT2D eigenvalue weighted by atomic mass is 12.5. The highest BCUT2D eigenvalue weighted by Gasteiger charge is 1.28. The first kappa shape index (κ1) is 3.36. The number of quaternary nitrogens is 1. The highest BCUT2D eigenvalue weighted by Crippen LogP contribution is 1.33. The van der Waals surface area contributed by atoms with Crippen molar-refractivity contribution in [2.75, 3.05) is 0 Å². The largest absolute Gasteiger partial charge is 0.358 e. The topological polar surface area (TPSA) is 76.4 Å². The van der Waals surface area contributed by atoms with Crippen molar-refractivity contribution in [3.05, 3.63) is 5.53 Å². The number of rotatable bonds is 1. The quantitative estimate of drug-likeness (QED) is 0.287. The SMILES string of the molecule is [N-]=N[N][NH3+]. The Morgan fingerprint density at radius 1 is 1.75 bits per heavy atom. The molecule has 0 aliphatic rings. The average Bonchev–Trinajstić information content (AvgIpc) is 1.37. The molecule has 3 N–H and O–H groups in total. The molecule has 0 saturated carbocycles. The number of hydrogen-bond acceptors (Lipinski definition) is 1. The molecule has 4 heteroatoms. The molecule has 1 radical (unpaired) electrons. The molecule has 0 spiro atoms. The van der Waals surface area contributed by atoms with Crippen molar-refractivity contribution in [2.24, 2.45) is 5.22 Å². The van der Waals surface area contributed by atoms with Crippen LogP contribution < -0.4 is 11.4 Å². The molecule has 4 nitrogen and oxygen atoms in total. The molecule has 0 heterocycles. The Morgan fingerprint density at radius 2 is 2.00 bits per heavy atom. The number of nitrogens with zero attached hydrogens (tertiary/aromatic N) is 3. The summed E-state index contributed by atoms with van der Waals surface area (Å²) in [6.45, 7) is 0. The summed E-state index contributed by atoms with van der Waals surface area (Å²) in [6, 6.07) is 0. The van der Waals surface area contributed by atoms with Crippen LogP contribution >= 0.6 is 0 Å². The molecular weight excluding hydrogens is 56.0 g/mol. The molecule has 0 aromatic rings. The van der Waals surface area contributed by atoms with Gasteiger partial charge in [0.15, 0.2) is 0 Å². The van der Waals surface area contributed by atoms with Crippen LogP contribution in [-0.2, 0) is 0 Å². The van der Waals surface area contributed by atoms with Crippen LogP contribution in [0.3, 0.4) is 0 Å². The highest BCUT2D eigenvalue weighted by molar-refractivity contribution is 3.94. The van der Waals surface area contributed by atoms with Gasteiger partial charge in [0.05, 0.1) is 0 Å². The first-order chi connectivity index (χ1) is 1.91. The zero-order valence-electron chi connectivity index (χ0n) is 2.05. The van der Waals surface area contributed by atoms with Crippen LogP contribution in [0, 0.1) is 0 Å². The van der Waals surface area contributed by atoms with Gasteiger partial charge in [-0.2, -0.15) is 5.53 Å². The molecule has 0 rings (SSSR count). The maximum atomic E-state index is 7.27. The Balaban J connectivity index is 2.30. The molecule has 0 unspecified atom stereocenters. The van der Waals surface area contributed by atoms with Crippen LogP contribution in [0.2, 0.25) is 0 Å². The Labute approximate surface area is 23.4 Å². The summed E-state index contributed by atoms with van der Waals surface area (Å²) in [4.78, 5) is 0. The van der Waals surface area contributed by atoms with E-state index in [9.17, 15) is 0 Å². The maximum absolute atomic E-state index is 7.27. The van der Waals surface area contributed by atoms with Gasteiger partial charge in [-0.1, -0.05) is 0 Å². The predicted molar refractivity (Wildman–Crippen MR) is 10.8 cm³/mol. The zero-order valence-corrected chi connectivity index (χ0v) is 2.05. The lowest BCUT2D eigenvalue weighted by Crippen LogP contribution is -2.55. The Morgan fingerprint density at radius 3 is 2.00 bits per heavy atom. The molecule has 0 aliphatic carbocycles. The zero-order chi connectivity index (χ0) is 3.41. The summed E-state index contributed by atoms with van der Waals surface area (Å²) < 4.78 is 0. The molecular formula is H3N4. The van der Waals surface area contributed by atoms with Gasteiger partial charge < -0.3 is 5.53 Å².